The summed E-state index contributed by atoms with van der Waals surface area (Å²) in [6.45, 7) is 4.00. The molecule has 0 radical (unpaired) electrons. The van der Waals surface area contributed by atoms with Crippen LogP contribution in [0.3, 0.4) is 0 Å². The normalized spacial score (nSPS) is 18.0. The number of nitrogens with zero attached hydrogens (tertiary/aromatic N) is 1. The Kier molecular flexibility index (Phi) is 5.64. The van der Waals surface area contributed by atoms with Crippen molar-refractivity contribution in [3.05, 3.63) is 58.6 Å². The van der Waals surface area contributed by atoms with E-state index in [0.29, 0.717) is 15.9 Å². The van der Waals surface area contributed by atoms with Crippen LogP contribution >= 0.6 is 23.4 Å². The first kappa shape index (κ1) is 18.5. The van der Waals surface area contributed by atoms with Crippen molar-refractivity contribution >= 4 is 51.7 Å². The first-order valence-corrected chi connectivity index (χ1v) is 9.35. The molecule has 1 atom stereocenters. The monoisotopic (exact) mass is 387 g/mol. The van der Waals surface area contributed by atoms with Gasteiger partial charge in [-0.2, -0.15) is 0 Å². The van der Waals surface area contributed by atoms with Gasteiger partial charge in [-0.1, -0.05) is 35.5 Å². The third kappa shape index (κ3) is 4.86. The predicted octanol–water partition coefficient (Wildman–Crippen LogP) is 4.20. The molecule has 1 aliphatic rings. The molecule has 0 bridgehead atoms. The van der Waals surface area contributed by atoms with E-state index in [-0.39, 0.29) is 18.2 Å². The van der Waals surface area contributed by atoms with Crippen molar-refractivity contribution in [2.45, 2.75) is 25.5 Å². The van der Waals surface area contributed by atoms with Crippen molar-refractivity contribution in [2.24, 2.45) is 4.99 Å². The van der Waals surface area contributed by atoms with E-state index in [9.17, 15) is 9.59 Å². The molecule has 1 saturated heterocycles. The lowest BCUT2D eigenvalue weighted by molar-refractivity contribution is -0.122. The summed E-state index contributed by atoms with van der Waals surface area (Å²) in [6.07, 6.45) is 0.0644. The smallest absolute Gasteiger partial charge is 0.240 e. The molecule has 3 rings (SSSR count). The molecule has 0 aliphatic carbocycles. The van der Waals surface area contributed by atoms with E-state index in [4.69, 9.17) is 11.6 Å². The number of rotatable bonds is 4. The minimum absolute atomic E-state index is 0.0644. The number of benzene rings is 2. The van der Waals surface area contributed by atoms with E-state index in [1.807, 2.05) is 26.0 Å². The molecule has 7 heteroatoms. The summed E-state index contributed by atoms with van der Waals surface area (Å²) in [4.78, 5) is 28.8. The Morgan fingerprint density at radius 2 is 1.96 bits per heavy atom. The molecule has 2 aromatic rings. The molecule has 0 spiro atoms. The van der Waals surface area contributed by atoms with Gasteiger partial charge in [0.1, 0.15) is 5.25 Å². The van der Waals surface area contributed by atoms with Crippen LogP contribution in [0.1, 0.15) is 17.5 Å². The molecule has 1 heterocycles. The fourth-order valence-corrected chi connectivity index (χ4v) is 3.85. The maximum Gasteiger partial charge on any atom is 0.240 e. The Balaban J connectivity index is 1.64. The number of carbonyl (C=O) groups is 2. The van der Waals surface area contributed by atoms with E-state index < -0.39 is 5.25 Å². The SMILES string of the molecule is Cc1cc(C)cc(N=C2NC(=O)[C@H](CC(=O)Nc3cccc(Cl)c3)S2)c1. The van der Waals surface area contributed by atoms with Crippen molar-refractivity contribution in [1.82, 2.24) is 5.32 Å². The summed E-state index contributed by atoms with van der Waals surface area (Å²) < 4.78 is 0. The Bertz CT molecular complexity index is 878. The van der Waals surface area contributed by atoms with Gasteiger partial charge in [-0.15, -0.1) is 0 Å². The number of halogens is 1. The summed E-state index contributed by atoms with van der Waals surface area (Å²) in [5.74, 6) is -0.452. The number of carbonyl (C=O) groups excluding carboxylic acids is 2. The highest BCUT2D eigenvalue weighted by molar-refractivity contribution is 8.15. The van der Waals surface area contributed by atoms with Crippen molar-refractivity contribution in [3.8, 4) is 0 Å². The first-order chi connectivity index (χ1) is 12.4. The lowest BCUT2D eigenvalue weighted by Crippen LogP contribution is -2.28. The Morgan fingerprint density at radius 1 is 1.23 bits per heavy atom. The number of amides is 2. The molecule has 2 aromatic carbocycles. The number of aryl methyl sites for hydroxylation is 2. The number of amidine groups is 1. The second-order valence-corrected chi connectivity index (χ2v) is 7.75. The average Bonchev–Trinajstić information content (AvgIpc) is 2.85. The summed E-state index contributed by atoms with van der Waals surface area (Å²) >= 11 is 7.17. The van der Waals surface area contributed by atoms with Crippen molar-refractivity contribution in [2.75, 3.05) is 5.32 Å². The topological polar surface area (TPSA) is 70.6 Å². The highest BCUT2D eigenvalue weighted by atomic mass is 35.5. The third-order valence-electron chi connectivity index (χ3n) is 3.69. The van der Waals surface area contributed by atoms with Crippen LogP contribution in [0.15, 0.2) is 47.5 Å². The lowest BCUT2D eigenvalue weighted by Gasteiger charge is -2.07. The third-order valence-corrected chi connectivity index (χ3v) is 5.01. The van der Waals surface area contributed by atoms with Crippen molar-refractivity contribution in [1.29, 1.82) is 0 Å². The van der Waals surface area contributed by atoms with Gasteiger partial charge in [0.25, 0.3) is 0 Å². The first-order valence-electron chi connectivity index (χ1n) is 8.09. The van der Waals surface area contributed by atoms with Crippen molar-refractivity contribution in [3.63, 3.8) is 0 Å². The summed E-state index contributed by atoms with van der Waals surface area (Å²) in [6, 6.07) is 12.9. The number of nitrogens with one attached hydrogen (secondary N) is 2. The predicted molar refractivity (Wildman–Crippen MR) is 107 cm³/mol. The van der Waals surface area contributed by atoms with E-state index in [2.05, 4.69) is 21.7 Å². The molecule has 2 N–H and O–H groups in total. The summed E-state index contributed by atoms with van der Waals surface area (Å²) in [5, 5.41) is 6.05. The zero-order valence-corrected chi connectivity index (χ0v) is 15.9. The second-order valence-electron chi connectivity index (χ2n) is 6.12. The summed E-state index contributed by atoms with van der Waals surface area (Å²) in [7, 11) is 0. The fourth-order valence-electron chi connectivity index (χ4n) is 2.67. The zero-order chi connectivity index (χ0) is 18.7. The molecule has 26 heavy (non-hydrogen) atoms. The van der Waals surface area contributed by atoms with Gasteiger partial charge in [0, 0.05) is 17.1 Å². The molecule has 1 aliphatic heterocycles. The largest absolute Gasteiger partial charge is 0.326 e. The van der Waals surface area contributed by atoms with Crippen LogP contribution in [0.25, 0.3) is 0 Å². The van der Waals surface area contributed by atoms with Crippen LogP contribution in [0.4, 0.5) is 11.4 Å². The quantitative estimate of drug-likeness (QED) is 0.825. The molecule has 0 aromatic heterocycles. The molecule has 1 fully saturated rings. The second kappa shape index (κ2) is 7.93. The minimum atomic E-state index is -0.501. The molecule has 0 unspecified atom stereocenters. The molecule has 134 valence electrons. The number of anilines is 1. The van der Waals surface area contributed by atoms with E-state index in [1.54, 1.807) is 24.3 Å². The Labute approximate surface area is 161 Å². The molecule has 0 saturated carbocycles. The van der Waals surface area contributed by atoms with E-state index in [1.165, 1.54) is 11.8 Å². The van der Waals surface area contributed by atoms with Crippen molar-refractivity contribution < 1.29 is 9.59 Å². The number of hydrogen-bond acceptors (Lipinski definition) is 4. The Hall–Kier alpha value is -2.31. The molecular formula is C19H18ClN3O2S. The van der Waals surface area contributed by atoms with E-state index >= 15 is 0 Å². The van der Waals surface area contributed by atoms with Crippen LogP contribution in [0, 0.1) is 13.8 Å². The van der Waals surface area contributed by atoms with Gasteiger partial charge < -0.3 is 10.6 Å². The van der Waals surface area contributed by atoms with Gasteiger partial charge in [0.05, 0.1) is 5.69 Å². The number of hydrogen-bond donors (Lipinski definition) is 2. The minimum Gasteiger partial charge on any atom is -0.326 e. The van der Waals surface area contributed by atoms with Crippen LogP contribution in [0.5, 0.6) is 0 Å². The number of aliphatic imine (C=N–C) groups is 1. The zero-order valence-electron chi connectivity index (χ0n) is 14.4. The Morgan fingerprint density at radius 3 is 2.65 bits per heavy atom. The maximum absolute atomic E-state index is 12.2. The standard InChI is InChI=1S/C19H18ClN3O2S/c1-11-6-12(2)8-15(7-11)22-19-23-18(25)16(26-19)10-17(24)21-14-5-3-4-13(20)9-14/h3-9,16H,10H2,1-2H3,(H,21,24)(H,22,23,25)/t16-/m0/s1. The van der Waals surface area contributed by atoms with Gasteiger partial charge in [0.15, 0.2) is 5.17 Å². The molecule has 2 amide bonds. The van der Waals surface area contributed by atoms with Crippen LogP contribution in [0.2, 0.25) is 5.02 Å². The molecule has 5 nitrogen and oxygen atoms in total. The highest BCUT2D eigenvalue weighted by Gasteiger charge is 2.32. The lowest BCUT2D eigenvalue weighted by atomic mass is 10.1. The summed E-state index contributed by atoms with van der Waals surface area (Å²) in [5.41, 5.74) is 3.61. The van der Waals surface area contributed by atoms with Gasteiger partial charge in [-0.25, -0.2) is 4.99 Å². The van der Waals surface area contributed by atoms with Crippen LogP contribution in [-0.4, -0.2) is 22.2 Å². The fraction of sp³-hybridized carbons (Fsp3) is 0.211. The van der Waals surface area contributed by atoms with E-state index in [0.717, 1.165) is 16.8 Å². The van der Waals surface area contributed by atoms with Crippen LogP contribution in [-0.2, 0) is 9.59 Å². The highest BCUT2D eigenvalue weighted by Crippen LogP contribution is 2.26. The average molecular weight is 388 g/mol. The van der Waals surface area contributed by atoms with Gasteiger partial charge in [-0.3, -0.25) is 9.59 Å². The molecular weight excluding hydrogens is 370 g/mol. The van der Waals surface area contributed by atoms with Gasteiger partial charge in [0.2, 0.25) is 11.8 Å². The number of thioether (sulfide) groups is 1. The van der Waals surface area contributed by atoms with Gasteiger partial charge >= 0.3 is 0 Å². The van der Waals surface area contributed by atoms with Crippen LogP contribution < -0.4 is 10.6 Å². The maximum atomic E-state index is 12.2. The van der Waals surface area contributed by atoms with Gasteiger partial charge in [-0.05, 0) is 55.3 Å².